The van der Waals surface area contributed by atoms with E-state index >= 15 is 0 Å². The summed E-state index contributed by atoms with van der Waals surface area (Å²) in [5, 5.41) is 4.06. The molecule has 3 aromatic rings. The van der Waals surface area contributed by atoms with E-state index in [1.807, 2.05) is 11.0 Å². The van der Waals surface area contributed by atoms with E-state index in [4.69, 9.17) is 8.94 Å². The van der Waals surface area contributed by atoms with E-state index in [0.717, 1.165) is 18.5 Å². The van der Waals surface area contributed by atoms with E-state index in [0.29, 0.717) is 35.1 Å². The van der Waals surface area contributed by atoms with E-state index in [2.05, 4.69) is 38.2 Å². The number of anilines is 1. The van der Waals surface area contributed by atoms with Gasteiger partial charge in [0.15, 0.2) is 16.3 Å². The van der Waals surface area contributed by atoms with Crippen LogP contribution in [0.3, 0.4) is 0 Å². The molecule has 1 atom stereocenters. The summed E-state index contributed by atoms with van der Waals surface area (Å²) in [6, 6.07) is 9.89. The third-order valence-corrected chi connectivity index (χ3v) is 5.54. The van der Waals surface area contributed by atoms with Crippen LogP contribution < -0.4 is 4.90 Å². The van der Waals surface area contributed by atoms with E-state index in [-0.39, 0.29) is 11.8 Å². The lowest BCUT2D eigenvalue weighted by atomic mass is 10.1. The van der Waals surface area contributed by atoms with Gasteiger partial charge >= 0.3 is 0 Å². The monoisotopic (exact) mass is 413 g/mol. The highest BCUT2D eigenvalue weighted by Crippen LogP contribution is 2.34. The van der Waals surface area contributed by atoms with Crippen molar-refractivity contribution in [1.82, 2.24) is 10.1 Å². The molecule has 1 amide bonds. The summed E-state index contributed by atoms with van der Waals surface area (Å²) < 4.78 is 11.4. The van der Waals surface area contributed by atoms with Crippen LogP contribution in [0.25, 0.3) is 11.7 Å². The Morgan fingerprint density at radius 3 is 2.88 bits per heavy atom. The van der Waals surface area contributed by atoms with Gasteiger partial charge in [-0.1, -0.05) is 11.2 Å². The molecule has 2 aliphatic rings. The number of furan rings is 1. The lowest BCUT2D eigenvalue weighted by Crippen LogP contribution is -2.24. The molecule has 0 saturated carbocycles. The molecule has 6 nitrogen and oxygen atoms in total. The summed E-state index contributed by atoms with van der Waals surface area (Å²) in [6.45, 7) is 0.568. The average Bonchev–Trinajstić information content (AvgIpc) is 3.40. The highest BCUT2D eigenvalue weighted by molar-refractivity contribution is 9.10. The van der Waals surface area contributed by atoms with Gasteiger partial charge in [0.2, 0.25) is 5.91 Å². The van der Waals surface area contributed by atoms with Crippen molar-refractivity contribution in [2.75, 3.05) is 11.4 Å². The van der Waals surface area contributed by atoms with Crippen LogP contribution in [0.1, 0.15) is 35.7 Å². The Kier molecular flexibility index (Phi) is 3.70. The molecule has 1 aliphatic carbocycles. The molecule has 1 fully saturated rings. The SMILES string of the molecule is O=C1CC(c2noc(-c3ccc(Br)o3)n2)CN1c1ccc2c(c1)CCC2. The van der Waals surface area contributed by atoms with Crippen molar-refractivity contribution in [3.8, 4) is 11.7 Å². The van der Waals surface area contributed by atoms with Crippen molar-refractivity contribution in [3.05, 3.63) is 52.0 Å². The van der Waals surface area contributed by atoms with Gasteiger partial charge in [0.1, 0.15) is 0 Å². The lowest BCUT2D eigenvalue weighted by Gasteiger charge is -2.17. The molecule has 0 bridgehead atoms. The summed E-state index contributed by atoms with van der Waals surface area (Å²) in [5.41, 5.74) is 3.74. The molecule has 1 aromatic carbocycles. The van der Waals surface area contributed by atoms with Crippen LogP contribution in [0.5, 0.6) is 0 Å². The van der Waals surface area contributed by atoms with Gasteiger partial charge in [0.05, 0.1) is 0 Å². The summed E-state index contributed by atoms with van der Waals surface area (Å²) in [4.78, 5) is 18.8. The predicted molar refractivity (Wildman–Crippen MR) is 97.9 cm³/mol. The maximum absolute atomic E-state index is 12.6. The van der Waals surface area contributed by atoms with Crippen molar-refractivity contribution < 1.29 is 13.7 Å². The Labute approximate surface area is 158 Å². The molecule has 5 rings (SSSR count). The topological polar surface area (TPSA) is 72.4 Å². The summed E-state index contributed by atoms with van der Waals surface area (Å²) in [5.74, 6) is 1.40. The molecule has 0 radical (unpaired) electrons. The van der Waals surface area contributed by atoms with Gasteiger partial charge in [0.25, 0.3) is 5.89 Å². The molecule has 0 spiro atoms. The molecular weight excluding hydrogens is 398 g/mol. The molecule has 1 saturated heterocycles. The second-order valence-corrected chi connectivity index (χ2v) is 7.56. The predicted octanol–water partition coefficient (Wildman–Crippen LogP) is 4.10. The van der Waals surface area contributed by atoms with Gasteiger partial charge in [-0.3, -0.25) is 4.79 Å². The first-order valence-corrected chi connectivity index (χ1v) is 9.48. The fourth-order valence-electron chi connectivity index (χ4n) is 3.79. The molecule has 2 aromatic heterocycles. The van der Waals surface area contributed by atoms with E-state index < -0.39 is 0 Å². The number of carbonyl (C=O) groups is 1. The number of aromatic nitrogens is 2. The molecule has 7 heteroatoms. The molecule has 132 valence electrons. The standard InChI is InChI=1S/C19H16BrN3O3/c20-16-7-6-15(25-16)19-21-18(22-26-19)13-9-17(24)23(10-13)14-5-4-11-2-1-3-12(11)8-14/h4-8,13H,1-3,9-10H2. The van der Waals surface area contributed by atoms with Gasteiger partial charge in [0, 0.05) is 24.6 Å². The number of fused-ring (bicyclic) bond motifs is 1. The summed E-state index contributed by atoms with van der Waals surface area (Å²) in [7, 11) is 0. The van der Waals surface area contributed by atoms with Crippen LogP contribution in [-0.2, 0) is 17.6 Å². The van der Waals surface area contributed by atoms with Gasteiger partial charge in [-0.05, 0) is 70.6 Å². The van der Waals surface area contributed by atoms with E-state index in [1.165, 1.54) is 17.5 Å². The largest absolute Gasteiger partial charge is 0.444 e. The number of rotatable bonds is 3. The second kappa shape index (κ2) is 6.09. The lowest BCUT2D eigenvalue weighted by molar-refractivity contribution is -0.117. The van der Waals surface area contributed by atoms with Crippen LogP contribution >= 0.6 is 15.9 Å². The Hall–Kier alpha value is -2.41. The number of hydrogen-bond donors (Lipinski definition) is 0. The fraction of sp³-hybridized carbons (Fsp3) is 0.316. The second-order valence-electron chi connectivity index (χ2n) is 6.77. The Balaban J connectivity index is 1.38. The number of nitrogens with zero attached hydrogens (tertiary/aromatic N) is 3. The van der Waals surface area contributed by atoms with Gasteiger partial charge in [-0.15, -0.1) is 0 Å². The van der Waals surface area contributed by atoms with Crippen LogP contribution in [0.4, 0.5) is 5.69 Å². The minimum atomic E-state index is -0.0772. The average molecular weight is 414 g/mol. The zero-order valence-corrected chi connectivity index (χ0v) is 15.5. The molecule has 26 heavy (non-hydrogen) atoms. The Morgan fingerprint density at radius 1 is 1.15 bits per heavy atom. The van der Waals surface area contributed by atoms with Crippen molar-refractivity contribution >= 4 is 27.5 Å². The summed E-state index contributed by atoms with van der Waals surface area (Å²) in [6.07, 6.45) is 3.82. The van der Waals surface area contributed by atoms with E-state index in [1.54, 1.807) is 12.1 Å². The number of hydrogen-bond acceptors (Lipinski definition) is 5. The number of carbonyl (C=O) groups excluding carboxylic acids is 1. The maximum atomic E-state index is 12.6. The minimum Gasteiger partial charge on any atom is -0.444 e. The van der Waals surface area contributed by atoms with Gasteiger partial charge in [-0.2, -0.15) is 4.98 Å². The van der Waals surface area contributed by atoms with Gasteiger partial charge in [-0.25, -0.2) is 0 Å². The van der Waals surface area contributed by atoms with Crippen molar-refractivity contribution in [2.45, 2.75) is 31.6 Å². The Morgan fingerprint density at radius 2 is 2.04 bits per heavy atom. The first-order valence-electron chi connectivity index (χ1n) is 8.69. The third kappa shape index (κ3) is 2.67. The van der Waals surface area contributed by atoms with Crippen LogP contribution in [0.15, 0.2) is 43.9 Å². The maximum Gasteiger partial charge on any atom is 0.293 e. The first-order chi connectivity index (χ1) is 12.7. The summed E-state index contributed by atoms with van der Waals surface area (Å²) >= 11 is 3.26. The molecular formula is C19H16BrN3O3. The van der Waals surface area contributed by atoms with Crippen LogP contribution in [-0.4, -0.2) is 22.6 Å². The first kappa shape index (κ1) is 15.8. The fourth-order valence-corrected chi connectivity index (χ4v) is 4.09. The van der Waals surface area contributed by atoms with Crippen molar-refractivity contribution in [3.63, 3.8) is 0 Å². The van der Waals surface area contributed by atoms with Crippen LogP contribution in [0, 0.1) is 0 Å². The number of halogens is 1. The van der Waals surface area contributed by atoms with E-state index in [9.17, 15) is 4.79 Å². The number of benzene rings is 1. The molecule has 3 heterocycles. The molecule has 1 aliphatic heterocycles. The smallest absolute Gasteiger partial charge is 0.293 e. The van der Waals surface area contributed by atoms with Crippen LogP contribution in [0.2, 0.25) is 0 Å². The minimum absolute atomic E-state index is 0.0772. The quantitative estimate of drug-likeness (QED) is 0.645. The molecule has 1 unspecified atom stereocenters. The van der Waals surface area contributed by atoms with Gasteiger partial charge < -0.3 is 13.8 Å². The number of aryl methyl sites for hydroxylation is 2. The highest BCUT2D eigenvalue weighted by Gasteiger charge is 2.35. The van der Waals surface area contributed by atoms with Crippen molar-refractivity contribution in [2.24, 2.45) is 0 Å². The molecule has 0 N–H and O–H groups in total. The van der Waals surface area contributed by atoms with Crippen molar-refractivity contribution in [1.29, 1.82) is 0 Å². The normalized spacial score (nSPS) is 19.3. The highest BCUT2D eigenvalue weighted by atomic mass is 79.9. The zero-order valence-electron chi connectivity index (χ0n) is 13.9. The third-order valence-electron chi connectivity index (χ3n) is 5.11. The zero-order chi connectivity index (χ0) is 17.7. The Bertz CT molecular complexity index is 994. The number of amides is 1.